The lowest BCUT2D eigenvalue weighted by atomic mass is 9.64. The number of hydrogen-bond donors (Lipinski definition) is 0. The molecule has 8 aromatic carbocycles. The lowest BCUT2D eigenvalue weighted by Gasteiger charge is -2.53. The molecule has 0 amide bonds. The van der Waals surface area contributed by atoms with E-state index in [1.165, 1.54) is 123 Å². The maximum absolute atomic E-state index is 2.74. The van der Waals surface area contributed by atoms with E-state index in [1.54, 1.807) is 0 Å². The summed E-state index contributed by atoms with van der Waals surface area (Å²) in [4.78, 5) is 5.47. The van der Waals surface area contributed by atoms with Gasteiger partial charge in [-0.2, -0.15) is 0 Å². The van der Waals surface area contributed by atoms with Crippen LogP contribution in [0.2, 0.25) is 0 Å². The molecule has 0 N–H and O–H groups in total. The molecule has 5 aliphatic carbocycles. The Labute approximate surface area is 423 Å². The van der Waals surface area contributed by atoms with Crippen molar-refractivity contribution in [2.75, 3.05) is 9.80 Å². The second-order valence-electron chi connectivity index (χ2n) is 23.1. The minimum absolute atomic E-state index is 0.0779. The van der Waals surface area contributed by atoms with Crippen LogP contribution in [-0.4, -0.2) is 0 Å². The first kappa shape index (κ1) is 44.3. The van der Waals surface area contributed by atoms with Crippen LogP contribution in [0.5, 0.6) is 0 Å². The van der Waals surface area contributed by atoms with E-state index in [0.29, 0.717) is 0 Å². The van der Waals surface area contributed by atoms with Gasteiger partial charge in [-0.25, -0.2) is 0 Å². The molecule has 0 saturated heterocycles. The molecule has 0 aliphatic heterocycles. The Bertz CT molecular complexity index is 3510. The van der Waals surface area contributed by atoms with Gasteiger partial charge in [0.2, 0.25) is 0 Å². The van der Waals surface area contributed by atoms with Gasteiger partial charge in [0.15, 0.2) is 0 Å². The zero-order valence-electron chi connectivity index (χ0n) is 43.6. The normalized spacial score (nSPS) is 20.1. The van der Waals surface area contributed by atoms with Crippen molar-refractivity contribution in [1.82, 2.24) is 0 Å². The van der Waals surface area contributed by atoms with Gasteiger partial charge in [0.25, 0.3) is 0 Å². The van der Waals surface area contributed by atoms with Crippen molar-refractivity contribution in [3.63, 3.8) is 0 Å². The Balaban J connectivity index is 0.949. The fourth-order valence-corrected chi connectivity index (χ4v) is 15.1. The van der Waals surface area contributed by atoms with Crippen LogP contribution in [-0.2, 0) is 33.7 Å². The second kappa shape index (κ2) is 15.2. The average molecular weight is 925 g/mol. The number of nitrogens with zero attached hydrogens (tertiary/aromatic N) is 2. The third-order valence-corrected chi connectivity index (χ3v) is 19.0. The smallest absolute Gasteiger partial charge is 0.0962 e. The molecule has 354 valence electrons. The molecule has 0 spiro atoms. The number of anilines is 4. The second-order valence-corrected chi connectivity index (χ2v) is 23.1. The summed E-state index contributed by atoms with van der Waals surface area (Å²) in [7, 11) is 0. The van der Waals surface area contributed by atoms with Gasteiger partial charge in [-0.1, -0.05) is 176 Å². The first-order chi connectivity index (χ1) is 34.3. The van der Waals surface area contributed by atoms with Crippen molar-refractivity contribution >= 4 is 22.7 Å². The van der Waals surface area contributed by atoms with Crippen LogP contribution in [0, 0.1) is 13.8 Å². The van der Waals surface area contributed by atoms with Gasteiger partial charge in [-0.05, 0) is 183 Å². The molecule has 13 rings (SSSR count). The summed E-state index contributed by atoms with van der Waals surface area (Å²) in [5, 5.41) is 0. The van der Waals surface area contributed by atoms with E-state index in [1.807, 2.05) is 0 Å². The van der Waals surface area contributed by atoms with E-state index in [-0.39, 0.29) is 27.3 Å². The number of hydrogen-bond acceptors (Lipinski definition) is 2. The zero-order valence-corrected chi connectivity index (χ0v) is 43.6. The fourth-order valence-electron chi connectivity index (χ4n) is 15.1. The van der Waals surface area contributed by atoms with Crippen molar-refractivity contribution in [3.8, 4) is 33.4 Å². The molecule has 0 fully saturated rings. The first-order valence-corrected chi connectivity index (χ1v) is 26.9. The highest BCUT2D eigenvalue weighted by Crippen LogP contribution is 2.66. The fraction of sp³-hybridized carbons (Fsp3) is 0.304. The number of benzene rings is 8. The molecule has 0 saturated carbocycles. The van der Waals surface area contributed by atoms with E-state index in [4.69, 9.17) is 0 Å². The Morgan fingerprint density at radius 2 is 0.831 bits per heavy atom. The van der Waals surface area contributed by atoms with Gasteiger partial charge in [-0.3, -0.25) is 0 Å². The summed E-state index contributed by atoms with van der Waals surface area (Å²) in [6.45, 7) is 23.8. The minimum atomic E-state index is -0.233. The van der Waals surface area contributed by atoms with Crippen molar-refractivity contribution in [3.05, 3.63) is 224 Å². The lowest BCUT2D eigenvalue weighted by Crippen LogP contribution is -2.52. The Morgan fingerprint density at radius 3 is 1.35 bits per heavy atom. The molecule has 71 heavy (non-hydrogen) atoms. The molecular formula is C69H68N2. The molecule has 0 aromatic heterocycles. The highest BCUT2D eigenvalue weighted by atomic mass is 15.2. The summed E-state index contributed by atoms with van der Waals surface area (Å²) in [6, 6.07) is 62.2. The van der Waals surface area contributed by atoms with Crippen molar-refractivity contribution in [2.45, 2.75) is 135 Å². The van der Waals surface area contributed by atoms with Crippen LogP contribution in [0.15, 0.2) is 158 Å². The predicted octanol–water partition coefficient (Wildman–Crippen LogP) is 18.2. The maximum atomic E-state index is 2.74. The predicted molar refractivity (Wildman–Crippen MR) is 299 cm³/mol. The molecule has 2 unspecified atom stereocenters. The van der Waals surface area contributed by atoms with E-state index in [9.17, 15) is 0 Å². The van der Waals surface area contributed by atoms with Gasteiger partial charge in [0.1, 0.15) is 0 Å². The number of rotatable bonds is 11. The minimum Gasteiger partial charge on any atom is -0.331 e. The van der Waals surface area contributed by atoms with Crippen LogP contribution >= 0.6 is 0 Å². The van der Waals surface area contributed by atoms with Crippen LogP contribution in [0.3, 0.4) is 0 Å². The highest BCUT2D eigenvalue weighted by molar-refractivity contribution is 5.91. The zero-order chi connectivity index (χ0) is 49.0. The molecule has 2 nitrogen and oxygen atoms in total. The van der Waals surface area contributed by atoms with Gasteiger partial charge < -0.3 is 9.80 Å². The van der Waals surface area contributed by atoms with E-state index in [0.717, 1.165) is 38.5 Å². The van der Waals surface area contributed by atoms with Gasteiger partial charge in [-0.15, -0.1) is 0 Å². The molecule has 2 atom stereocenters. The highest BCUT2D eigenvalue weighted by Gasteiger charge is 2.58. The molecule has 0 radical (unpaired) electrons. The van der Waals surface area contributed by atoms with Crippen molar-refractivity contribution < 1.29 is 0 Å². The van der Waals surface area contributed by atoms with E-state index < -0.39 is 0 Å². The van der Waals surface area contributed by atoms with Crippen molar-refractivity contribution in [2.24, 2.45) is 0 Å². The maximum Gasteiger partial charge on any atom is 0.0962 e. The first-order valence-electron chi connectivity index (χ1n) is 26.9. The molecule has 0 heterocycles. The van der Waals surface area contributed by atoms with Gasteiger partial charge >= 0.3 is 0 Å². The Kier molecular flexibility index (Phi) is 9.48. The topological polar surface area (TPSA) is 6.48 Å². The van der Waals surface area contributed by atoms with Gasteiger partial charge in [0.05, 0.1) is 11.1 Å². The SMILES string of the molecule is CCCC1(N(c2ccc(C)cc2)c2ccc3c(c2)C(C)(C)c2ccccc2-3)c2cc3c(cc21)C(CC)(CC)c1cc2c(cc1-3)CC2(CC)N(c1ccc(C)cc1)c1ccc2c(c1)C(C)(C)c1ccccc1-2. The summed E-state index contributed by atoms with van der Waals surface area (Å²) in [5.74, 6) is 0. The monoisotopic (exact) mass is 925 g/mol. The van der Waals surface area contributed by atoms with Gasteiger partial charge in [0, 0.05) is 45.4 Å². The molecular weight excluding hydrogens is 857 g/mol. The molecule has 8 aromatic rings. The molecule has 5 aliphatic rings. The largest absolute Gasteiger partial charge is 0.331 e. The third kappa shape index (κ3) is 5.77. The summed E-state index contributed by atoms with van der Waals surface area (Å²) in [5.41, 5.74) is 30.2. The molecule has 2 heteroatoms. The summed E-state index contributed by atoms with van der Waals surface area (Å²) in [6.07, 6.45) is 6.29. The third-order valence-electron chi connectivity index (χ3n) is 19.0. The molecule has 0 bridgehead atoms. The Hall–Kier alpha value is -6.64. The van der Waals surface area contributed by atoms with Crippen LogP contribution in [0.1, 0.15) is 154 Å². The van der Waals surface area contributed by atoms with Crippen LogP contribution in [0.4, 0.5) is 22.7 Å². The summed E-state index contributed by atoms with van der Waals surface area (Å²) >= 11 is 0. The quantitative estimate of drug-likeness (QED) is 0.128. The standard InChI is InChI=1S/C69H68N2/c1-11-35-69(71(47-29-25-44(6)26-30-47)49-32-34-53-51-20-16-18-22-57(51)66(9,10)60(53)38-49)63-39-55-54-36-45-42-68(14-4,58(45)40-61(54)67(12-2,13-3)62(55)41-64(63)69)70(46-27-23-43(5)24-28-46)48-31-33-52-50-19-15-17-21-56(50)65(7,8)59(52)37-48/h15-34,36-41H,11-14,35,42H2,1-10H3. The van der Waals surface area contributed by atoms with Crippen molar-refractivity contribution in [1.29, 1.82) is 0 Å². The number of fused-ring (bicyclic) bond motifs is 11. The average Bonchev–Trinajstić information content (AvgIpc) is 3.70. The van der Waals surface area contributed by atoms with E-state index >= 15 is 0 Å². The van der Waals surface area contributed by atoms with E-state index in [2.05, 4.69) is 237 Å². The number of aryl methyl sites for hydroxylation is 2. The van der Waals surface area contributed by atoms with Crippen LogP contribution < -0.4 is 9.80 Å². The summed E-state index contributed by atoms with van der Waals surface area (Å²) < 4.78 is 0. The van der Waals surface area contributed by atoms with Crippen LogP contribution in [0.25, 0.3) is 33.4 Å². The lowest BCUT2D eigenvalue weighted by molar-refractivity contribution is 0.361. The Morgan fingerprint density at radius 1 is 0.380 bits per heavy atom.